The van der Waals surface area contributed by atoms with Crippen LogP contribution in [0.5, 0.6) is 0 Å². The molecule has 0 fully saturated rings. The van der Waals surface area contributed by atoms with Gasteiger partial charge < -0.3 is 15.5 Å². The fraction of sp³-hybridized carbons (Fsp3) is 0.500. The Morgan fingerprint density at radius 1 is 1.47 bits per heavy atom. The third-order valence-corrected chi connectivity index (χ3v) is 3.42. The summed E-state index contributed by atoms with van der Waals surface area (Å²) < 4.78 is 5.04. The summed E-state index contributed by atoms with van der Waals surface area (Å²) in [6.45, 7) is 4.73. The summed E-state index contributed by atoms with van der Waals surface area (Å²) in [4.78, 5) is 13.7. The smallest absolute Gasteiger partial charge is 0.408 e. The lowest BCUT2D eigenvalue weighted by molar-refractivity contribution is 0.473. The molecule has 1 heterocycles. The standard InChI is InChI=1S/C14H21N3O2/c1-2-10(8-15)9-16-6-5-11-3-4-12-13(7-11)19-14(18)17-12/h3-4,7,10,16H,2,5-6,8-9,15H2,1H3,(H,17,18). The van der Waals surface area contributed by atoms with Gasteiger partial charge in [0.2, 0.25) is 0 Å². The summed E-state index contributed by atoms with van der Waals surface area (Å²) >= 11 is 0. The van der Waals surface area contributed by atoms with Crippen LogP contribution >= 0.6 is 0 Å². The Morgan fingerprint density at radius 3 is 3.05 bits per heavy atom. The van der Waals surface area contributed by atoms with Crippen LogP contribution in [-0.4, -0.2) is 24.6 Å². The average Bonchev–Trinajstić information content (AvgIpc) is 2.78. The monoisotopic (exact) mass is 263 g/mol. The van der Waals surface area contributed by atoms with Crippen LogP contribution in [0, 0.1) is 5.92 Å². The number of rotatable bonds is 7. The number of fused-ring (bicyclic) bond motifs is 1. The first kappa shape index (κ1) is 13.8. The molecule has 1 unspecified atom stereocenters. The summed E-state index contributed by atoms with van der Waals surface area (Å²) in [7, 11) is 0. The molecule has 4 N–H and O–H groups in total. The molecule has 0 aliphatic carbocycles. The Labute approximate surface area is 112 Å². The second-order valence-corrected chi connectivity index (χ2v) is 4.81. The van der Waals surface area contributed by atoms with E-state index in [1.165, 1.54) is 0 Å². The van der Waals surface area contributed by atoms with Crippen LogP contribution in [0.1, 0.15) is 18.9 Å². The van der Waals surface area contributed by atoms with Crippen molar-refractivity contribution in [3.8, 4) is 0 Å². The van der Waals surface area contributed by atoms with Crippen LogP contribution in [-0.2, 0) is 6.42 Å². The summed E-state index contributed by atoms with van der Waals surface area (Å²) in [5, 5.41) is 3.41. The zero-order chi connectivity index (χ0) is 13.7. The van der Waals surface area contributed by atoms with Gasteiger partial charge in [-0.15, -0.1) is 0 Å². The molecule has 2 aromatic rings. The second-order valence-electron chi connectivity index (χ2n) is 4.81. The van der Waals surface area contributed by atoms with Crippen molar-refractivity contribution in [2.75, 3.05) is 19.6 Å². The summed E-state index contributed by atoms with van der Waals surface area (Å²) in [6.07, 6.45) is 2.01. The van der Waals surface area contributed by atoms with Gasteiger partial charge in [0.15, 0.2) is 5.58 Å². The van der Waals surface area contributed by atoms with E-state index in [2.05, 4.69) is 17.2 Å². The zero-order valence-electron chi connectivity index (χ0n) is 11.2. The van der Waals surface area contributed by atoms with E-state index < -0.39 is 5.76 Å². The number of aromatic amines is 1. The van der Waals surface area contributed by atoms with Gasteiger partial charge in [-0.25, -0.2) is 4.79 Å². The normalized spacial score (nSPS) is 12.9. The fourth-order valence-electron chi connectivity index (χ4n) is 2.08. The minimum atomic E-state index is -0.404. The first-order chi connectivity index (χ1) is 9.22. The maximum atomic E-state index is 11.1. The van der Waals surface area contributed by atoms with Crippen LogP contribution in [0.4, 0.5) is 0 Å². The summed E-state index contributed by atoms with van der Waals surface area (Å²) in [5.41, 5.74) is 8.18. The highest BCUT2D eigenvalue weighted by Gasteiger charge is 2.04. The van der Waals surface area contributed by atoms with Gasteiger partial charge in [0, 0.05) is 0 Å². The van der Waals surface area contributed by atoms with E-state index in [1.54, 1.807) is 0 Å². The van der Waals surface area contributed by atoms with E-state index in [0.717, 1.165) is 43.6 Å². The van der Waals surface area contributed by atoms with E-state index in [1.807, 2.05) is 18.2 Å². The number of hydrogen-bond donors (Lipinski definition) is 3. The molecule has 0 spiro atoms. The average molecular weight is 263 g/mol. The van der Waals surface area contributed by atoms with Crippen LogP contribution in [0.2, 0.25) is 0 Å². The molecule has 104 valence electrons. The molecule has 1 aromatic heterocycles. The Balaban J connectivity index is 1.86. The molecule has 5 heteroatoms. The van der Waals surface area contributed by atoms with E-state index in [4.69, 9.17) is 10.2 Å². The molecule has 0 aliphatic heterocycles. The topological polar surface area (TPSA) is 84.0 Å². The number of oxazole rings is 1. The minimum Gasteiger partial charge on any atom is -0.408 e. The molecule has 0 amide bonds. The van der Waals surface area contributed by atoms with Gasteiger partial charge in [-0.2, -0.15) is 0 Å². The quantitative estimate of drug-likeness (QED) is 0.656. The predicted molar refractivity (Wildman–Crippen MR) is 76.2 cm³/mol. The molecule has 5 nitrogen and oxygen atoms in total. The van der Waals surface area contributed by atoms with Gasteiger partial charge in [-0.3, -0.25) is 4.98 Å². The second kappa shape index (κ2) is 6.54. The highest BCUT2D eigenvalue weighted by Crippen LogP contribution is 2.12. The number of nitrogens with two attached hydrogens (primary N) is 1. The van der Waals surface area contributed by atoms with E-state index >= 15 is 0 Å². The molecule has 2 rings (SSSR count). The fourth-order valence-corrected chi connectivity index (χ4v) is 2.08. The number of hydrogen-bond acceptors (Lipinski definition) is 4. The SMILES string of the molecule is CCC(CN)CNCCc1ccc2[nH]c(=O)oc2c1. The number of benzene rings is 1. The highest BCUT2D eigenvalue weighted by molar-refractivity contribution is 5.72. The highest BCUT2D eigenvalue weighted by atomic mass is 16.4. The van der Waals surface area contributed by atoms with Gasteiger partial charge in [-0.1, -0.05) is 19.4 Å². The van der Waals surface area contributed by atoms with Crippen LogP contribution < -0.4 is 16.8 Å². The van der Waals surface area contributed by atoms with Crippen molar-refractivity contribution in [3.63, 3.8) is 0 Å². The summed E-state index contributed by atoms with van der Waals surface area (Å²) in [6, 6.07) is 5.80. The van der Waals surface area contributed by atoms with E-state index in [-0.39, 0.29) is 0 Å². The molecule has 0 radical (unpaired) electrons. The van der Waals surface area contributed by atoms with Crippen LogP contribution in [0.15, 0.2) is 27.4 Å². The third-order valence-electron chi connectivity index (χ3n) is 3.42. The first-order valence-corrected chi connectivity index (χ1v) is 6.75. The lowest BCUT2D eigenvalue weighted by atomic mass is 10.1. The first-order valence-electron chi connectivity index (χ1n) is 6.75. The van der Waals surface area contributed by atoms with Crippen molar-refractivity contribution < 1.29 is 4.42 Å². The van der Waals surface area contributed by atoms with Crippen molar-refractivity contribution >= 4 is 11.1 Å². The van der Waals surface area contributed by atoms with Crippen LogP contribution in [0.25, 0.3) is 11.1 Å². The van der Waals surface area contributed by atoms with E-state index in [0.29, 0.717) is 11.5 Å². The van der Waals surface area contributed by atoms with Crippen molar-refractivity contribution in [3.05, 3.63) is 34.3 Å². The zero-order valence-corrected chi connectivity index (χ0v) is 11.2. The number of aromatic nitrogens is 1. The summed E-state index contributed by atoms with van der Waals surface area (Å²) in [5.74, 6) is 0.143. The Hall–Kier alpha value is -1.59. The number of nitrogens with one attached hydrogen (secondary N) is 2. The predicted octanol–water partition coefficient (Wildman–Crippen LogP) is 1.24. The van der Waals surface area contributed by atoms with Crippen molar-refractivity contribution in [1.29, 1.82) is 0 Å². The molecule has 0 aliphatic rings. The molecule has 19 heavy (non-hydrogen) atoms. The molecule has 0 saturated carbocycles. The van der Waals surface area contributed by atoms with Gasteiger partial charge in [0.1, 0.15) is 0 Å². The molecular weight excluding hydrogens is 242 g/mol. The molecule has 0 saturated heterocycles. The van der Waals surface area contributed by atoms with Crippen LogP contribution in [0.3, 0.4) is 0 Å². The Morgan fingerprint density at radius 2 is 2.32 bits per heavy atom. The largest absolute Gasteiger partial charge is 0.417 e. The third kappa shape index (κ3) is 3.68. The molecular formula is C14H21N3O2. The minimum absolute atomic E-state index is 0.404. The molecule has 0 bridgehead atoms. The maximum Gasteiger partial charge on any atom is 0.417 e. The maximum absolute atomic E-state index is 11.1. The van der Waals surface area contributed by atoms with Crippen molar-refractivity contribution in [1.82, 2.24) is 10.3 Å². The van der Waals surface area contributed by atoms with Crippen molar-refractivity contribution in [2.24, 2.45) is 11.7 Å². The van der Waals surface area contributed by atoms with Gasteiger partial charge in [0.25, 0.3) is 0 Å². The molecule has 1 aromatic carbocycles. The van der Waals surface area contributed by atoms with Gasteiger partial charge >= 0.3 is 5.76 Å². The van der Waals surface area contributed by atoms with E-state index in [9.17, 15) is 4.79 Å². The lowest BCUT2D eigenvalue weighted by Gasteiger charge is -2.12. The van der Waals surface area contributed by atoms with Gasteiger partial charge in [-0.05, 0) is 49.7 Å². The number of H-pyrrole nitrogens is 1. The van der Waals surface area contributed by atoms with Crippen molar-refractivity contribution in [2.45, 2.75) is 19.8 Å². The Kier molecular flexibility index (Phi) is 4.76. The lowest BCUT2D eigenvalue weighted by Crippen LogP contribution is -2.29. The Bertz CT molecular complexity index is 569. The molecule has 1 atom stereocenters. The van der Waals surface area contributed by atoms with Gasteiger partial charge in [0.05, 0.1) is 5.52 Å².